The molecule has 0 saturated heterocycles. The number of nitrogens with two attached hydrogens (primary N) is 1. The van der Waals surface area contributed by atoms with E-state index in [2.05, 4.69) is 4.98 Å². The van der Waals surface area contributed by atoms with Crippen LogP contribution in [0.15, 0.2) is 6.07 Å². The molecule has 0 unspecified atom stereocenters. The van der Waals surface area contributed by atoms with E-state index in [0.29, 0.717) is 0 Å². The Bertz CT molecular complexity index is 305. The van der Waals surface area contributed by atoms with E-state index >= 15 is 0 Å². The van der Waals surface area contributed by atoms with Crippen LogP contribution in [-0.4, -0.2) is 10.1 Å². The predicted octanol–water partition coefficient (Wildman–Crippen LogP) is 1.11. The summed E-state index contributed by atoms with van der Waals surface area (Å²) < 4.78 is 37.6. The quantitative estimate of drug-likeness (QED) is 0.778. The summed E-state index contributed by atoms with van der Waals surface area (Å²) in [4.78, 5) is 3.27. The third-order valence-electron chi connectivity index (χ3n) is 1.71. The zero-order chi connectivity index (χ0) is 10.7. The number of hydrogen-bond acceptors (Lipinski definition) is 3. The van der Waals surface area contributed by atoms with Gasteiger partial charge in [0.05, 0.1) is 6.61 Å². The normalized spacial score (nSPS) is 11.0. The van der Waals surface area contributed by atoms with Crippen molar-refractivity contribution in [3.63, 3.8) is 0 Å². The van der Waals surface area contributed by atoms with E-state index in [9.17, 15) is 13.2 Å². The maximum absolute atomic E-state index is 13.2. The molecule has 3 nitrogen and oxygen atoms in total. The van der Waals surface area contributed by atoms with Crippen molar-refractivity contribution in [3.8, 4) is 0 Å². The van der Waals surface area contributed by atoms with E-state index in [1.807, 2.05) is 0 Å². The molecular formula is C8H9F3N2O. The van der Waals surface area contributed by atoms with Gasteiger partial charge in [-0.05, 0) is 6.07 Å². The predicted molar refractivity (Wildman–Crippen MR) is 43.0 cm³/mol. The van der Waals surface area contributed by atoms with Crippen molar-refractivity contribution in [2.24, 2.45) is 5.73 Å². The van der Waals surface area contributed by atoms with Crippen LogP contribution in [0, 0.1) is 5.82 Å². The van der Waals surface area contributed by atoms with Crippen LogP contribution >= 0.6 is 0 Å². The van der Waals surface area contributed by atoms with Crippen LogP contribution in [0.2, 0.25) is 0 Å². The summed E-state index contributed by atoms with van der Waals surface area (Å²) in [6.07, 6.45) is -2.80. The van der Waals surface area contributed by atoms with Crippen molar-refractivity contribution in [2.75, 3.05) is 0 Å². The fourth-order valence-corrected chi connectivity index (χ4v) is 1.03. The van der Waals surface area contributed by atoms with Gasteiger partial charge in [-0.3, -0.25) is 0 Å². The topological polar surface area (TPSA) is 59.1 Å². The van der Waals surface area contributed by atoms with Crippen molar-refractivity contribution in [3.05, 3.63) is 28.8 Å². The van der Waals surface area contributed by atoms with Crippen molar-refractivity contribution in [1.82, 2.24) is 4.98 Å². The minimum absolute atomic E-state index is 0.0700. The Morgan fingerprint density at radius 2 is 2.14 bits per heavy atom. The smallest absolute Gasteiger partial charge is 0.280 e. The van der Waals surface area contributed by atoms with Gasteiger partial charge in [0.15, 0.2) is 5.82 Å². The molecule has 0 aliphatic heterocycles. The molecule has 0 fully saturated rings. The van der Waals surface area contributed by atoms with Crippen LogP contribution in [0.5, 0.6) is 0 Å². The summed E-state index contributed by atoms with van der Waals surface area (Å²) >= 11 is 0. The molecule has 0 aliphatic rings. The lowest BCUT2D eigenvalue weighted by Gasteiger charge is -2.07. The molecule has 0 saturated carbocycles. The molecule has 78 valence electrons. The Hall–Kier alpha value is -1.14. The Morgan fingerprint density at radius 1 is 1.50 bits per heavy atom. The zero-order valence-electron chi connectivity index (χ0n) is 7.17. The lowest BCUT2D eigenvalue weighted by Crippen LogP contribution is -2.08. The highest BCUT2D eigenvalue weighted by atomic mass is 19.3. The summed E-state index contributed by atoms with van der Waals surface area (Å²) in [6, 6.07) is 0.902. The lowest BCUT2D eigenvalue weighted by molar-refractivity contribution is 0.144. The SMILES string of the molecule is NCc1cc(C(F)F)nc(CO)c1F. The van der Waals surface area contributed by atoms with E-state index in [4.69, 9.17) is 10.8 Å². The fourth-order valence-electron chi connectivity index (χ4n) is 1.03. The first-order valence-corrected chi connectivity index (χ1v) is 3.87. The first kappa shape index (κ1) is 10.9. The van der Waals surface area contributed by atoms with Crippen molar-refractivity contribution < 1.29 is 18.3 Å². The molecule has 0 aliphatic carbocycles. The minimum Gasteiger partial charge on any atom is -0.390 e. The van der Waals surface area contributed by atoms with E-state index in [1.54, 1.807) is 0 Å². The molecule has 0 spiro atoms. The molecule has 1 aromatic heterocycles. The zero-order valence-corrected chi connectivity index (χ0v) is 7.17. The number of aromatic nitrogens is 1. The molecule has 0 amide bonds. The second-order valence-electron chi connectivity index (χ2n) is 2.63. The highest BCUT2D eigenvalue weighted by molar-refractivity contribution is 5.24. The summed E-state index contributed by atoms with van der Waals surface area (Å²) in [5, 5.41) is 8.66. The Kier molecular flexibility index (Phi) is 3.43. The molecule has 14 heavy (non-hydrogen) atoms. The van der Waals surface area contributed by atoms with E-state index in [-0.39, 0.29) is 12.1 Å². The molecule has 0 radical (unpaired) electrons. The molecule has 0 atom stereocenters. The minimum atomic E-state index is -2.80. The summed E-state index contributed by atoms with van der Waals surface area (Å²) in [6.45, 7) is -0.930. The monoisotopic (exact) mass is 206 g/mol. The largest absolute Gasteiger partial charge is 0.390 e. The van der Waals surface area contributed by atoms with Gasteiger partial charge in [-0.15, -0.1) is 0 Å². The standard InChI is InChI=1S/C8H9F3N2O/c9-7-4(2-12)1-5(8(10)11)13-6(7)3-14/h1,8,14H,2-3,12H2. The van der Waals surface area contributed by atoms with Gasteiger partial charge in [-0.2, -0.15) is 0 Å². The van der Waals surface area contributed by atoms with Gasteiger partial charge in [-0.25, -0.2) is 18.2 Å². The molecule has 1 heterocycles. The van der Waals surface area contributed by atoms with Gasteiger partial charge in [0.1, 0.15) is 11.4 Å². The average molecular weight is 206 g/mol. The molecule has 1 aromatic rings. The lowest BCUT2D eigenvalue weighted by atomic mass is 10.1. The van der Waals surface area contributed by atoms with Gasteiger partial charge < -0.3 is 10.8 Å². The number of halogens is 3. The van der Waals surface area contributed by atoms with Crippen molar-refractivity contribution in [1.29, 1.82) is 0 Å². The van der Waals surface area contributed by atoms with Gasteiger partial charge >= 0.3 is 0 Å². The maximum atomic E-state index is 13.2. The second kappa shape index (κ2) is 4.39. The fraction of sp³-hybridized carbons (Fsp3) is 0.375. The van der Waals surface area contributed by atoms with Crippen LogP contribution in [0.1, 0.15) is 23.4 Å². The maximum Gasteiger partial charge on any atom is 0.280 e. The van der Waals surface area contributed by atoms with Crippen LogP contribution in [0.4, 0.5) is 13.2 Å². The van der Waals surface area contributed by atoms with Crippen LogP contribution in [0.25, 0.3) is 0 Å². The van der Waals surface area contributed by atoms with Crippen LogP contribution in [0.3, 0.4) is 0 Å². The van der Waals surface area contributed by atoms with E-state index in [0.717, 1.165) is 6.07 Å². The highest BCUT2D eigenvalue weighted by Crippen LogP contribution is 2.21. The number of alkyl halides is 2. The summed E-state index contributed by atoms with van der Waals surface area (Å²) in [7, 11) is 0. The number of aliphatic hydroxyl groups excluding tert-OH is 1. The molecule has 6 heteroatoms. The van der Waals surface area contributed by atoms with Gasteiger partial charge in [0.25, 0.3) is 6.43 Å². The third kappa shape index (κ3) is 2.02. The number of pyridine rings is 1. The van der Waals surface area contributed by atoms with Crippen molar-refractivity contribution >= 4 is 0 Å². The first-order chi connectivity index (χ1) is 6.60. The second-order valence-corrected chi connectivity index (χ2v) is 2.63. The third-order valence-corrected chi connectivity index (χ3v) is 1.71. The van der Waals surface area contributed by atoms with Gasteiger partial charge in [-0.1, -0.05) is 0 Å². The Balaban J connectivity index is 3.25. The van der Waals surface area contributed by atoms with Crippen LogP contribution < -0.4 is 5.73 Å². The molecule has 0 bridgehead atoms. The number of hydrogen-bond donors (Lipinski definition) is 2. The Morgan fingerprint density at radius 3 is 2.57 bits per heavy atom. The highest BCUT2D eigenvalue weighted by Gasteiger charge is 2.16. The Labute approximate surface area is 78.4 Å². The summed E-state index contributed by atoms with van der Waals surface area (Å²) in [5.74, 6) is -0.820. The number of aliphatic hydroxyl groups is 1. The van der Waals surface area contributed by atoms with E-state index in [1.165, 1.54) is 0 Å². The average Bonchev–Trinajstić information content (AvgIpc) is 2.17. The first-order valence-electron chi connectivity index (χ1n) is 3.87. The number of rotatable bonds is 3. The number of nitrogens with zero attached hydrogens (tertiary/aromatic N) is 1. The van der Waals surface area contributed by atoms with Crippen molar-refractivity contribution in [2.45, 2.75) is 19.6 Å². The summed E-state index contributed by atoms with van der Waals surface area (Å²) in [5.41, 5.74) is 4.11. The van der Waals surface area contributed by atoms with Gasteiger partial charge in [0, 0.05) is 12.1 Å². The van der Waals surface area contributed by atoms with Gasteiger partial charge in [0.2, 0.25) is 0 Å². The molecule has 1 rings (SSSR count). The van der Waals surface area contributed by atoms with E-state index < -0.39 is 30.2 Å². The molecule has 3 N–H and O–H groups in total. The molecule has 0 aromatic carbocycles. The van der Waals surface area contributed by atoms with Crippen LogP contribution in [-0.2, 0) is 13.2 Å². The molecular weight excluding hydrogens is 197 g/mol.